The van der Waals surface area contributed by atoms with Gasteiger partial charge in [0.05, 0.1) is 6.54 Å². The summed E-state index contributed by atoms with van der Waals surface area (Å²) in [5, 5.41) is 0. The van der Waals surface area contributed by atoms with Crippen molar-refractivity contribution in [2.75, 3.05) is 4.90 Å². The van der Waals surface area contributed by atoms with Crippen LogP contribution in [-0.4, -0.2) is 21.0 Å². The van der Waals surface area contributed by atoms with Crippen LogP contribution in [0.15, 0.2) is 61.2 Å². The number of anilines is 1. The molecule has 0 unspecified atom stereocenters. The lowest BCUT2D eigenvalue weighted by Gasteiger charge is -2.28. The molecule has 0 atom stereocenters. The van der Waals surface area contributed by atoms with E-state index < -0.39 is 0 Å². The lowest BCUT2D eigenvalue weighted by molar-refractivity contribution is 0.481. The summed E-state index contributed by atoms with van der Waals surface area (Å²) in [5.41, 5.74) is 1.10. The van der Waals surface area contributed by atoms with Gasteiger partial charge in [-0.3, -0.25) is 4.98 Å². The van der Waals surface area contributed by atoms with Crippen molar-refractivity contribution in [3.05, 3.63) is 67.0 Å². The van der Waals surface area contributed by atoms with Crippen molar-refractivity contribution in [2.45, 2.75) is 26.4 Å². The molecular weight excluding hydrogens is 288 g/mol. The number of nitrogens with one attached hydrogen (secondary N) is 1. The predicted octanol–water partition coefficient (Wildman–Crippen LogP) is 4.01. The van der Waals surface area contributed by atoms with Crippen LogP contribution in [0.2, 0.25) is 0 Å². The molecule has 3 aromatic rings. The molecule has 1 aromatic carbocycles. The second-order valence-corrected chi connectivity index (χ2v) is 5.54. The largest absolute Gasteiger partial charge is 0.457 e. The molecule has 0 radical (unpaired) electrons. The quantitative estimate of drug-likeness (QED) is 0.747. The first-order valence-electron chi connectivity index (χ1n) is 7.65. The summed E-state index contributed by atoms with van der Waals surface area (Å²) in [7, 11) is 0. The average molecular weight is 308 g/mol. The number of pyridine rings is 1. The molecular formula is C18H20N4O. The number of imidazole rings is 1. The van der Waals surface area contributed by atoms with Crippen LogP contribution < -0.4 is 9.64 Å². The lowest BCUT2D eigenvalue weighted by atomic mass is 10.2. The van der Waals surface area contributed by atoms with Gasteiger partial charge in [0, 0.05) is 42.6 Å². The third-order valence-corrected chi connectivity index (χ3v) is 3.53. The summed E-state index contributed by atoms with van der Waals surface area (Å²) in [6, 6.07) is 12.1. The Labute approximate surface area is 136 Å². The van der Waals surface area contributed by atoms with Gasteiger partial charge in [0.25, 0.3) is 0 Å². The highest BCUT2D eigenvalue weighted by Gasteiger charge is 2.13. The Morgan fingerprint density at radius 1 is 1.09 bits per heavy atom. The van der Waals surface area contributed by atoms with Gasteiger partial charge in [-0.25, -0.2) is 4.98 Å². The van der Waals surface area contributed by atoms with Crippen molar-refractivity contribution >= 4 is 5.69 Å². The number of hydrogen-bond acceptors (Lipinski definition) is 4. The number of aromatic nitrogens is 3. The maximum absolute atomic E-state index is 5.89. The molecule has 23 heavy (non-hydrogen) atoms. The van der Waals surface area contributed by atoms with E-state index in [0.29, 0.717) is 6.04 Å². The van der Waals surface area contributed by atoms with E-state index in [2.05, 4.69) is 39.8 Å². The van der Waals surface area contributed by atoms with Crippen LogP contribution in [0.5, 0.6) is 11.5 Å². The number of hydrogen-bond donors (Lipinski definition) is 1. The topological polar surface area (TPSA) is 54.0 Å². The Morgan fingerprint density at radius 3 is 2.61 bits per heavy atom. The van der Waals surface area contributed by atoms with Gasteiger partial charge >= 0.3 is 0 Å². The zero-order valence-electron chi connectivity index (χ0n) is 13.3. The summed E-state index contributed by atoms with van der Waals surface area (Å²) < 4.78 is 5.89. The molecule has 0 bridgehead atoms. The molecule has 118 valence electrons. The van der Waals surface area contributed by atoms with Crippen molar-refractivity contribution < 1.29 is 4.74 Å². The van der Waals surface area contributed by atoms with Crippen LogP contribution in [0.4, 0.5) is 5.69 Å². The zero-order valence-corrected chi connectivity index (χ0v) is 13.3. The Morgan fingerprint density at radius 2 is 1.91 bits per heavy atom. The molecule has 2 aromatic heterocycles. The summed E-state index contributed by atoms with van der Waals surface area (Å²) in [6.45, 7) is 5.06. The number of ether oxygens (including phenoxy) is 1. The summed E-state index contributed by atoms with van der Waals surface area (Å²) in [6.07, 6.45) is 7.06. The van der Waals surface area contributed by atoms with Gasteiger partial charge in [-0.15, -0.1) is 0 Å². The summed E-state index contributed by atoms with van der Waals surface area (Å²) in [4.78, 5) is 13.7. The monoisotopic (exact) mass is 308 g/mol. The Hall–Kier alpha value is -2.82. The first-order valence-corrected chi connectivity index (χ1v) is 7.65. The molecule has 0 saturated carbocycles. The fourth-order valence-electron chi connectivity index (χ4n) is 2.39. The van der Waals surface area contributed by atoms with Gasteiger partial charge in [-0.1, -0.05) is 6.07 Å². The molecule has 5 heteroatoms. The lowest BCUT2D eigenvalue weighted by Crippen LogP contribution is -2.30. The fraction of sp³-hybridized carbons (Fsp3) is 0.222. The number of rotatable bonds is 6. The van der Waals surface area contributed by atoms with E-state index in [1.165, 1.54) is 0 Å². The SMILES string of the molecule is CC(C)N(Cc1ncc[nH]1)c1cccc(Oc2ccncc2)c1. The van der Waals surface area contributed by atoms with Crippen LogP contribution in [0, 0.1) is 0 Å². The summed E-state index contributed by atoms with van der Waals surface area (Å²) >= 11 is 0. The van der Waals surface area contributed by atoms with Crippen LogP contribution in [0.1, 0.15) is 19.7 Å². The highest BCUT2D eigenvalue weighted by Crippen LogP contribution is 2.27. The highest BCUT2D eigenvalue weighted by molar-refractivity contribution is 5.52. The minimum Gasteiger partial charge on any atom is -0.457 e. The van der Waals surface area contributed by atoms with Gasteiger partial charge in [0.2, 0.25) is 0 Å². The summed E-state index contributed by atoms with van der Waals surface area (Å²) in [5.74, 6) is 2.53. The van der Waals surface area contributed by atoms with Crippen molar-refractivity contribution in [3.8, 4) is 11.5 Å². The van der Waals surface area contributed by atoms with Crippen LogP contribution in [-0.2, 0) is 6.54 Å². The third-order valence-electron chi connectivity index (χ3n) is 3.53. The van der Waals surface area contributed by atoms with E-state index in [4.69, 9.17) is 4.74 Å². The molecule has 0 amide bonds. The Kier molecular flexibility index (Phi) is 4.57. The maximum Gasteiger partial charge on any atom is 0.130 e. The Balaban J connectivity index is 1.81. The third kappa shape index (κ3) is 3.88. The van der Waals surface area contributed by atoms with Gasteiger partial charge in [0.1, 0.15) is 17.3 Å². The van der Waals surface area contributed by atoms with Crippen molar-refractivity contribution in [1.82, 2.24) is 15.0 Å². The van der Waals surface area contributed by atoms with E-state index in [9.17, 15) is 0 Å². The first kappa shape index (κ1) is 15.1. The molecule has 0 aliphatic heterocycles. The second kappa shape index (κ2) is 6.96. The minimum absolute atomic E-state index is 0.344. The van der Waals surface area contributed by atoms with Crippen LogP contribution in [0.3, 0.4) is 0 Å². The average Bonchev–Trinajstić information content (AvgIpc) is 3.07. The van der Waals surface area contributed by atoms with Gasteiger partial charge < -0.3 is 14.6 Å². The number of H-pyrrole nitrogens is 1. The fourth-order valence-corrected chi connectivity index (χ4v) is 2.39. The van der Waals surface area contributed by atoms with Crippen molar-refractivity contribution in [2.24, 2.45) is 0 Å². The van der Waals surface area contributed by atoms with Gasteiger partial charge in [0.15, 0.2) is 0 Å². The van der Waals surface area contributed by atoms with Gasteiger partial charge in [-0.05, 0) is 38.1 Å². The highest BCUT2D eigenvalue weighted by atomic mass is 16.5. The van der Waals surface area contributed by atoms with Gasteiger partial charge in [-0.2, -0.15) is 0 Å². The molecule has 3 rings (SSSR count). The normalized spacial score (nSPS) is 10.7. The van der Waals surface area contributed by atoms with E-state index in [1.54, 1.807) is 18.6 Å². The zero-order chi connectivity index (χ0) is 16.1. The Bertz CT molecular complexity index is 726. The first-order chi connectivity index (χ1) is 11.2. The molecule has 0 spiro atoms. The molecule has 0 saturated heterocycles. The van der Waals surface area contributed by atoms with Crippen LogP contribution >= 0.6 is 0 Å². The molecule has 0 aliphatic rings. The smallest absolute Gasteiger partial charge is 0.130 e. The predicted molar refractivity (Wildman–Crippen MR) is 90.7 cm³/mol. The van der Waals surface area contributed by atoms with Crippen LogP contribution in [0.25, 0.3) is 0 Å². The molecule has 2 heterocycles. The number of nitrogens with zero attached hydrogens (tertiary/aromatic N) is 3. The standard InChI is InChI=1S/C18H20N4O/c1-14(2)22(13-18-20-10-11-21-18)15-4-3-5-17(12-15)23-16-6-8-19-9-7-16/h3-12,14H,13H2,1-2H3,(H,20,21). The molecule has 1 N–H and O–H groups in total. The maximum atomic E-state index is 5.89. The molecule has 0 aliphatic carbocycles. The van der Waals surface area contributed by atoms with E-state index in [1.807, 2.05) is 36.5 Å². The van der Waals surface area contributed by atoms with E-state index in [-0.39, 0.29) is 0 Å². The van der Waals surface area contributed by atoms with Crippen molar-refractivity contribution in [1.29, 1.82) is 0 Å². The number of benzene rings is 1. The van der Waals surface area contributed by atoms with E-state index in [0.717, 1.165) is 29.6 Å². The molecule has 0 fully saturated rings. The number of aromatic amines is 1. The van der Waals surface area contributed by atoms with E-state index >= 15 is 0 Å². The molecule has 5 nitrogen and oxygen atoms in total. The second-order valence-electron chi connectivity index (χ2n) is 5.54. The minimum atomic E-state index is 0.344. The van der Waals surface area contributed by atoms with Crippen molar-refractivity contribution in [3.63, 3.8) is 0 Å².